The largest absolute Gasteiger partial charge is 0.484 e. The second kappa shape index (κ2) is 6.81. The number of fused-ring (bicyclic) bond motifs is 1. The Bertz CT molecular complexity index is 718. The van der Waals surface area contributed by atoms with Crippen LogP contribution in [0.1, 0.15) is 25.7 Å². The maximum atomic E-state index is 12.1. The second-order valence-corrected chi connectivity index (χ2v) is 6.91. The topological polar surface area (TPSA) is 41.6 Å². The minimum absolute atomic E-state index is 0.0203. The van der Waals surface area contributed by atoms with Gasteiger partial charge in [0.15, 0.2) is 6.61 Å². The molecule has 1 N–H and O–H groups in total. The van der Waals surface area contributed by atoms with Gasteiger partial charge in [-0.25, -0.2) is 0 Å². The quantitative estimate of drug-likeness (QED) is 0.919. The minimum Gasteiger partial charge on any atom is -0.484 e. The van der Waals surface area contributed by atoms with E-state index in [0.29, 0.717) is 6.04 Å². The van der Waals surface area contributed by atoms with Gasteiger partial charge in [-0.1, -0.05) is 30.3 Å². The second-order valence-electron chi connectivity index (χ2n) is 6.91. The van der Waals surface area contributed by atoms with Crippen LogP contribution >= 0.6 is 0 Å². The van der Waals surface area contributed by atoms with Gasteiger partial charge in [0.1, 0.15) is 5.75 Å². The molecule has 126 valence electrons. The summed E-state index contributed by atoms with van der Waals surface area (Å²) in [5.41, 5.74) is 0. The lowest BCUT2D eigenvalue weighted by Crippen LogP contribution is -2.46. The summed E-state index contributed by atoms with van der Waals surface area (Å²) in [6.45, 7) is 2.31. The molecule has 2 fully saturated rings. The molecule has 2 aromatic carbocycles. The molecule has 0 spiro atoms. The van der Waals surface area contributed by atoms with Gasteiger partial charge in [-0.3, -0.25) is 4.79 Å². The molecule has 1 saturated heterocycles. The molecule has 0 radical (unpaired) electrons. The van der Waals surface area contributed by atoms with Crippen molar-refractivity contribution in [2.45, 2.75) is 37.8 Å². The van der Waals surface area contributed by atoms with Crippen LogP contribution < -0.4 is 10.1 Å². The number of ether oxygens (including phenoxy) is 1. The third-order valence-electron chi connectivity index (χ3n) is 5.05. The van der Waals surface area contributed by atoms with E-state index in [2.05, 4.69) is 22.3 Å². The summed E-state index contributed by atoms with van der Waals surface area (Å²) in [4.78, 5) is 14.7. The molecular weight excluding hydrogens is 300 g/mol. The monoisotopic (exact) mass is 324 g/mol. The summed E-state index contributed by atoms with van der Waals surface area (Å²) < 4.78 is 5.66. The van der Waals surface area contributed by atoms with Crippen molar-refractivity contribution in [1.82, 2.24) is 10.2 Å². The molecule has 1 aliphatic heterocycles. The molecule has 0 atom stereocenters. The zero-order chi connectivity index (χ0) is 16.4. The van der Waals surface area contributed by atoms with Gasteiger partial charge in [-0.15, -0.1) is 0 Å². The van der Waals surface area contributed by atoms with Crippen LogP contribution in [0, 0.1) is 0 Å². The third-order valence-corrected chi connectivity index (χ3v) is 5.05. The number of nitrogens with zero attached hydrogens (tertiary/aromatic N) is 1. The standard InChI is InChI=1S/C20H24N2O2/c23-20(21-17-9-11-22(12-10-17)18-6-7-18)14-24-19-8-5-15-3-1-2-4-16(15)13-19/h1-5,8,13,17-18H,6-7,9-12,14H2,(H,21,23). The van der Waals surface area contributed by atoms with Crippen LogP contribution in [0.2, 0.25) is 0 Å². The smallest absolute Gasteiger partial charge is 0.258 e. The van der Waals surface area contributed by atoms with Crippen molar-refractivity contribution < 1.29 is 9.53 Å². The van der Waals surface area contributed by atoms with Crippen molar-refractivity contribution in [1.29, 1.82) is 0 Å². The average molecular weight is 324 g/mol. The van der Waals surface area contributed by atoms with E-state index in [9.17, 15) is 4.79 Å². The number of hydrogen-bond acceptors (Lipinski definition) is 3. The van der Waals surface area contributed by atoms with Crippen LogP contribution in [0.25, 0.3) is 10.8 Å². The van der Waals surface area contributed by atoms with Crippen molar-refractivity contribution >= 4 is 16.7 Å². The highest BCUT2D eigenvalue weighted by Crippen LogP contribution is 2.29. The van der Waals surface area contributed by atoms with E-state index in [1.165, 1.54) is 18.2 Å². The number of hydrogen-bond donors (Lipinski definition) is 1. The van der Waals surface area contributed by atoms with Crippen molar-refractivity contribution in [3.63, 3.8) is 0 Å². The maximum absolute atomic E-state index is 12.1. The Morgan fingerprint density at radius 1 is 1.04 bits per heavy atom. The molecule has 24 heavy (non-hydrogen) atoms. The van der Waals surface area contributed by atoms with Crippen LogP contribution in [-0.2, 0) is 4.79 Å². The SMILES string of the molecule is O=C(COc1ccc2ccccc2c1)NC1CCN(C2CC2)CC1. The minimum atomic E-state index is -0.0203. The molecule has 0 unspecified atom stereocenters. The van der Waals surface area contributed by atoms with Gasteiger partial charge in [0.05, 0.1) is 0 Å². The van der Waals surface area contributed by atoms with Gasteiger partial charge in [0.25, 0.3) is 5.91 Å². The number of carbonyl (C=O) groups excluding carboxylic acids is 1. The number of benzene rings is 2. The van der Waals surface area contributed by atoms with Gasteiger partial charge in [0.2, 0.25) is 0 Å². The molecule has 1 saturated carbocycles. The first kappa shape index (κ1) is 15.5. The third kappa shape index (κ3) is 3.70. The van der Waals surface area contributed by atoms with Crippen LogP contribution in [0.5, 0.6) is 5.75 Å². The normalized spacial score (nSPS) is 19.3. The van der Waals surface area contributed by atoms with Crippen molar-refractivity contribution in [3.05, 3.63) is 42.5 Å². The Balaban J connectivity index is 1.25. The molecular formula is C20H24N2O2. The Hall–Kier alpha value is -2.07. The molecule has 1 amide bonds. The average Bonchev–Trinajstić information content (AvgIpc) is 3.46. The van der Waals surface area contributed by atoms with E-state index in [0.717, 1.165) is 43.1 Å². The van der Waals surface area contributed by atoms with Gasteiger partial charge in [-0.2, -0.15) is 0 Å². The highest BCUT2D eigenvalue weighted by molar-refractivity contribution is 5.84. The zero-order valence-corrected chi connectivity index (χ0v) is 13.9. The van der Waals surface area contributed by atoms with Crippen molar-refractivity contribution in [2.75, 3.05) is 19.7 Å². The molecule has 0 aromatic heterocycles. The van der Waals surface area contributed by atoms with E-state index in [1.54, 1.807) is 0 Å². The molecule has 1 aliphatic carbocycles. The molecule has 4 heteroatoms. The van der Waals surface area contributed by atoms with E-state index in [-0.39, 0.29) is 12.5 Å². The lowest BCUT2D eigenvalue weighted by Gasteiger charge is -2.32. The molecule has 0 bridgehead atoms. The number of likely N-dealkylation sites (tertiary alicyclic amines) is 1. The summed E-state index contributed by atoms with van der Waals surface area (Å²) >= 11 is 0. The van der Waals surface area contributed by atoms with Crippen LogP contribution in [0.15, 0.2) is 42.5 Å². The zero-order valence-electron chi connectivity index (χ0n) is 13.9. The lowest BCUT2D eigenvalue weighted by molar-refractivity contribution is -0.124. The van der Waals surface area contributed by atoms with Gasteiger partial charge in [-0.05, 0) is 48.6 Å². The highest BCUT2D eigenvalue weighted by Gasteiger charge is 2.32. The first-order valence-corrected chi connectivity index (χ1v) is 8.93. The predicted octanol–water partition coefficient (Wildman–Crippen LogP) is 2.96. The molecule has 2 aromatic rings. The fourth-order valence-corrected chi connectivity index (χ4v) is 3.52. The summed E-state index contributed by atoms with van der Waals surface area (Å²) in [5.74, 6) is 0.723. The van der Waals surface area contributed by atoms with Gasteiger partial charge in [0, 0.05) is 25.2 Å². The van der Waals surface area contributed by atoms with E-state index in [4.69, 9.17) is 4.74 Å². The molecule has 1 heterocycles. The number of carbonyl (C=O) groups is 1. The number of piperidine rings is 1. The summed E-state index contributed by atoms with van der Waals surface area (Å²) in [6.07, 6.45) is 4.82. The lowest BCUT2D eigenvalue weighted by atomic mass is 10.0. The Labute approximate surface area is 142 Å². The van der Waals surface area contributed by atoms with E-state index >= 15 is 0 Å². The summed E-state index contributed by atoms with van der Waals surface area (Å²) in [6, 6.07) is 15.2. The van der Waals surface area contributed by atoms with Crippen molar-refractivity contribution in [2.24, 2.45) is 0 Å². The number of amides is 1. The Kier molecular flexibility index (Phi) is 4.39. The summed E-state index contributed by atoms with van der Waals surface area (Å²) in [5, 5.41) is 5.42. The number of rotatable bonds is 5. The maximum Gasteiger partial charge on any atom is 0.258 e. The summed E-state index contributed by atoms with van der Waals surface area (Å²) in [7, 11) is 0. The Morgan fingerprint density at radius 2 is 1.79 bits per heavy atom. The van der Waals surface area contributed by atoms with Gasteiger partial charge >= 0.3 is 0 Å². The highest BCUT2D eigenvalue weighted by atomic mass is 16.5. The molecule has 4 rings (SSSR count). The van der Waals surface area contributed by atoms with E-state index in [1.807, 2.05) is 30.3 Å². The molecule has 4 nitrogen and oxygen atoms in total. The number of nitrogens with one attached hydrogen (secondary N) is 1. The van der Waals surface area contributed by atoms with Crippen LogP contribution in [-0.4, -0.2) is 42.6 Å². The van der Waals surface area contributed by atoms with Gasteiger partial charge < -0.3 is 15.0 Å². The van der Waals surface area contributed by atoms with Crippen molar-refractivity contribution in [3.8, 4) is 5.75 Å². The Morgan fingerprint density at radius 3 is 2.54 bits per heavy atom. The molecule has 2 aliphatic rings. The first-order valence-electron chi connectivity index (χ1n) is 8.93. The van der Waals surface area contributed by atoms with Crippen LogP contribution in [0.3, 0.4) is 0 Å². The fraction of sp³-hybridized carbons (Fsp3) is 0.450. The van der Waals surface area contributed by atoms with E-state index < -0.39 is 0 Å². The first-order chi connectivity index (χ1) is 11.8. The predicted molar refractivity (Wildman–Crippen MR) is 95.2 cm³/mol. The fourth-order valence-electron chi connectivity index (χ4n) is 3.52. The van der Waals surface area contributed by atoms with Crippen LogP contribution in [0.4, 0.5) is 0 Å².